The number of nitrogens with zero attached hydrogens (tertiary/aromatic N) is 1. The molecule has 4 nitrogen and oxygen atoms in total. The minimum atomic E-state index is -3.03. The van der Waals surface area contributed by atoms with Gasteiger partial charge >= 0.3 is 12.6 Å². The van der Waals surface area contributed by atoms with Crippen molar-refractivity contribution in [2.75, 3.05) is 0 Å². The van der Waals surface area contributed by atoms with Gasteiger partial charge in [-0.25, -0.2) is 4.79 Å². The zero-order valence-electron chi connectivity index (χ0n) is 8.20. The van der Waals surface area contributed by atoms with E-state index in [1.165, 1.54) is 6.92 Å². The fraction of sp³-hybridized carbons (Fsp3) is 0.200. The first-order chi connectivity index (χ1) is 7.47. The lowest BCUT2D eigenvalue weighted by Crippen LogP contribution is -2.08. The summed E-state index contributed by atoms with van der Waals surface area (Å²) >= 11 is 0. The second-order valence-electron chi connectivity index (χ2n) is 2.91. The third kappa shape index (κ3) is 2.25. The summed E-state index contributed by atoms with van der Waals surface area (Å²) in [5.41, 5.74) is -0.404. The molecule has 1 rings (SSSR count). The van der Waals surface area contributed by atoms with E-state index in [1.807, 2.05) is 0 Å². The number of alkyl halides is 2. The van der Waals surface area contributed by atoms with E-state index in [0.29, 0.717) is 0 Å². The minimum absolute atomic E-state index is 0.00634. The fourth-order valence-electron chi connectivity index (χ4n) is 1.28. The average molecular weight is 227 g/mol. The van der Waals surface area contributed by atoms with Gasteiger partial charge in [0.05, 0.1) is 11.1 Å². The van der Waals surface area contributed by atoms with Crippen LogP contribution >= 0.6 is 0 Å². The van der Waals surface area contributed by atoms with Crippen molar-refractivity contribution in [3.8, 4) is 11.8 Å². The molecule has 0 unspecified atom stereocenters. The molecule has 0 aromatic heterocycles. The molecule has 0 aliphatic rings. The molecule has 0 bridgehead atoms. The molecule has 0 saturated carbocycles. The highest BCUT2D eigenvalue weighted by molar-refractivity contribution is 5.93. The number of carboxylic acid groups (broad SMARTS) is 1. The Morgan fingerprint density at radius 3 is 2.62 bits per heavy atom. The summed E-state index contributed by atoms with van der Waals surface area (Å²) in [5.74, 6) is -1.60. The van der Waals surface area contributed by atoms with Gasteiger partial charge < -0.3 is 9.84 Å². The summed E-state index contributed by atoms with van der Waals surface area (Å²) in [6, 6.07) is 3.95. The maximum atomic E-state index is 12.0. The smallest absolute Gasteiger partial charge is 0.387 e. The molecular weight excluding hydrogens is 220 g/mol. The number of nitriles is 1. The Bertz CT molecular complexity index is 466. The van der Waals surface area contributed by atoms with Gasteiger partial charge in [0.2, 0.25) is 0 Å². The predicted molar refractivity (Wildman–Crippen MR) is 49.5 cm³/mol. The first kappa shape index (κ1) is 11.9. The van der Waals surface area contributed by atoms with Crippen LogP contribution in [0.1, 0.15) is 21.5 Å². The van der Waals surface area contributed by atoms with Gasteiger partial charge in [-0.05, 0) is 19.1 Å². The van der Waals surface area contributed by atoms with Crippen molar-refractivity contribution in [2.45, 2.75) is 13.5 Å². The number of ether oxygens (including phenoxy) is 1. The SMILES string of the molecule is Cc1c(OC(F)F)ccc(C#N)c1C(=O)O. The second kappa shape index (κ2) is 4.57. The van der Waals surface area contributed by atoms with Gasteiger partial charge in [0.25, 0.3) is 0 Å². The van der Waals surface area contributed by atoms with E-state index in [1.54, 1.807) is 6.07 Å². The van der Waals surface area contributed by atoms with Gasteiger partial charge in [-0.2, -0.15) is 14.0 Å². The molecule has 0 amide bonds. The van der Waals surface area contributed by atoms with Gasteiger partial charge in [-0.15, -0.1) is 0 Å². The van der Waals surface area contributed by atoms with E-state index >= 15 is 0 Å². The Morgan fingerprint density at radius 2 is 2.19 bits per heavy atom. The molecule has 0 fully saturated rings. The molecular formula is C10H7F2NO3. The van der Waals surface area contributed by atoms with Crippen LogP contribution in [0.25, 0.3) is 0 Å². The van der Waals surface area contributed by atoms with Crippen LogP contribution in [0.2, 0.25) is 0 Å². The number of halogens is 2. The molecule has 6 heteroatoms. The highest BCUT2D eigenvalue weighted by atomic mass is 19.3. The van der Waals surface area contributed by atoms with Gasteiger partial charge in [0.15, 0.2) is 0 Å². The first-order valence-electron chi connectivity index (χ1n) is 4.19. The topological polar surface area (TPSA) is 70.3 Å². The van der Waals surface area contributed by atoms with Crippen molar-refractivity contribution in [1.29, 1.82) is 5.26 Å². The zero-order chi connectivity index (χ0) is 12.3. The van der Waals surface area contributed by atoms with Gasteiger partial charge in [0.1, 0.15) is 11.8 Å². The molecule has 0 heterocycles. The molecule has 0 saturated heterocycles. The van der Waals surface area contributed by atoms with Crippen molar-refractivity contribution in [2.24, 2.45) is 0 Å². The second-order valence-corrected chi connectivity index (χ2v) is 2.91. The third-order valence-corrected chi connectivity index (χ3v) is 1.97. The van der Waals surface area contributed by atoms with Crippen LogP contribution in [-0.2, 0) is 0 Å². The molecule has 1 N–H and O–H groups in total. The van der Waals surface area contributed by atoms with Crippen LogP contribution in [0.3, 0.4) is 0 Å². The number of rotatable bonds is 3. The van der Waals surface area contributed by atoms with Crippen LogP contribution in [-0.4, -0.2) is 17.7 Å². The molecule has 0 aliphatic heterocycles. The van der Waals surface area contributed by atoms with Crippen molar-refractivity contribution >= 4 is 5.97 Å². The maximum Gasteiger partial charge on any atom is 0.387 e. The molecule has 0 aliphatic carbocycles. The van der Waals surface area contributed by atoms with Crippen LogP contribution in [0.15, 0.2) is 12.1 Å². The molecule has 84 valence electrons. The van der Waals surface area contributed by atoms with Crippen molar-refractivity contribution < 1.29 is 23.4 Å². The number of carbonyl (C=O) groups is 1. The Hall–Kier alpha value is -2.16. The van der Waals surface area contributed by atoms with Crippen LogP contribution in [0.4, 0.5) is 8.78 Å². The van der Waals surface area contributed by atoms with Crippen LogP contribution in [0, 0.1) is 18.3 Å². The lowest BCUT2D eigenvalue weighted by atomic mass is 10.0. The lowest BCUT2D eigenvalue weighted by Gasteiger charge is -2.10. The molecule has 1 aromatic rings. The number of hydrogen-bond donors (Lipinski definition) is 1. The van der Waals surface area contributed by atoms with E-state index < -0.39 is 12.6 Å². The standard InChI is InChI=1S/C10H7F2NO3/c1-5-7(16-10(11)12)3-2-6(4-13)8(5)9(14)15/h2-3,10H,1H3,(H,14,15). The highest BCUT2D eigenvalue weighted by Crippen LogP contribution is 2.26. The van der Waals surface area contributed by atoms with E-state index in [-0.39, 0.29) is 22.4 Å². The Kier molecular flexibility index (Phi) is 3.40. The quantitative estimate of drug-likeness (QED) is 0.858. The number of benzene rings is 1. The maximum absolute atomic E-state index is 12.0. The predicted octanol–water partition coefficient (Wildman–Crippen LogP) is 2.17. The molecule has 0 radical (unpaired) electrons. The minimum Gasteiger partial charge on any atom is -0.478 e. The highest BCUT2D eigenvalue weighted by Gasteiger charge is 2.18. The monoisotopic (exact) mass is 227 g/mol. The molecule has 0 spiro atoms. The van der Waals surface area contributed by atoms with Crippen LogP contribution < -0.4 is 4.74 Å². The number of aromatic carboxylic acids is 1. The average Bonchev–Trinajstić information content (AvgIpc) is 2.19. The Morgan fingerprint density at radius 1 is 1.56 bits per heavy atom. The summed E-state index contributed by atoms with van der Waals surface area (Å²) in [7, 11) is 0. The zero-order valence-corrected chi connectivity index (χ0v) is 8.20. The fourth-order valence-corrected chi connectivity index (χ4v) is 1.28. The van der Waals surface area contributed by atoms with Gasteiger partial charge in [0, 0.05) is 5.56 Å². The molecule has 0 atom stereocenters. The summed E-state index contributed by atoms with van der Waals surface area (Å²) in [6.45, 7) is -1.73. The van der Waals surface area contributed by atoms with Crippen molar-refractivity contribution in [3.05, 3.63) is 28.8 Å². The van der Waals surface area contributed by atoms with Gasteiger partial charge in [-0.1, -0.05) is 0 Å². The lowest BCUT2D eigenvalue weighted by molar-refractivity contribution is -0.0503. The molecule has 16 heavy (non-hydrogen) atoms. The third-order valence-electron chi connectivity index (χ3n) is 1.97. The summed E-state index contributed by atoms with van der Waals surface area (Å²) in [4.78, 5) is 10.8. The van der Waals surface area contributed by atoms with E-state index in [4.69, 9.17) is 10.4 Å². The van der Waals surface area contributed by atoms with Crippen molar-refractivity contribution in [3.63, 3.8) is 0 Å². The Labute approximate surface area is 89.7 Å². The van der Waals surface area contributed by atoms with Crippen molar-refractivity contribution in [1.82, 2.24) is 0 Å². The van der Waals surface area contributed by atoms with E-state index in [2.05, 4.69) is 4.74 Å². The Balaban J connectivity index is 3.33. The normalized spacial score (nSPS) is 9.94. The van der Waals surface area contributed by atoms with E-state index in [9.17, 15) is 13.6 Å². The summed E-state index contributed by atoms with van der Waals surface area (Å²) in [5, 5.41) is 17.5. The summed E-state index contributed by atoms with van der Waals surface area (Å²) in [6.07, 6.45) is 0. The van der Waals surface area contributed by atoms with Crippen LogP contribution in [0.5, 0.6) is 5.75 Å². The number of hydrogen-bond acceptors (Lipinski definition) is 3. The van der Waals surface area contributed by atoms with E-state index in [0.717, 1.165) is 12.1 Å². The largest absolute Gasteiger partial charge is 0.478 e. The molecule has 1 aromatic carbocycles. The number of carboxylic acids is 1. The van der Waals surface area contributed by atoms with Gasteiger partial charge in [-0.3, -0.25) is 0 Å². The summed E-state index contributed by atoms with van der Waals surface area (Å²) < 4.78 is 28.1. The first-order valence-corrected chi connectivity index (χ1v) is 4.19.